The van der Waals surface area contributed by atoms with Crippen LogP contribution < -0.4 is 10.0 Å². The minimum atomic E-state index is -4.94. The van der Waals surface area contributed by atoms with E-state index in [2.05, 4.69) is 11.8 Å². The summed E-state index contributed by atoms with van der Waals surface area (Å²) in [5.74, 6) is 2.12. The lowest BCUT2D eigenvalue weighted by atomic mass is 9.80. The van der Waals surface area contributed by atoms with Gasteiger partial charge in [-0.25, -0.2) is 13.1 Å². The lowest BCUT2D eigenvalue weighted by Gasteiger charge is -2.37. The molecule has 2 N–H and O–H groups in total. The number of benzene rings is 1. The van der Waals surface area contributed by atoms with E-state index >= 15 is 0 Å². The number of rotatable bonds is 7. The molecule has 0 aromatic heterocycles. The molecule has 0 spiro atoms. The normalized spacial score (nSPS) is 18.9. The fourth-order valence-electron chi connectivity index (χ4n) is 3.42. The second-order valence-electron chi connectivity index (χ2n) is 8.07. The molecule has 0 radical (unpaired) electrons. The maximum Gasteiger partial charge on any atom is 0.423 e. The van der Waals surface area contributed by atoms with Crippen molar-refractivity contribution < 1.29 is 31.2 Å². The number of alkyl halides is 3. The van der Waals surface area contributed by atoms with Crippen LogP contribution in [-0.4, -0.2) is 38.2 Å². The molecule has 6 nitrogen and oxygen atoms in total. The molecular weight excluding hydrogens is 457 g/mol. The van der Waals surface area contributed by atoms with Gasteiger partial charge in [-0.2, -0.15) is 13.2 Å². The minimum Gasteiger partial charge on any atom is -0.328 e. The second kappa shape index (κ2) is 10.4. The predicted octanol–water partition coefficient (Wildman–Crippen LogP) is 3.62. The number of unbranched alkanes of at least 4 members (excludes halogenated alkanes) is 4. The summed E-state index contributed by atoms with van der Waals surface area (Å²) in [6.07, 6.45) is -1.44. The van der Waals surface area contributed by atoms with Gasteiger partial charge >= 0.3 is 6.18 Å². The lowest BCUT2D eigenvalue weighted by Crippen LogP contribution is -2.61. The Morgan fingerprint density at radius 1 is 1.18 bits per heavy atom. The molecule has 33 heavy (non-hydrogen) atoms. The van der Waals surface area contributed by atoms with Gasteiger partial charge in [-0.1, -0.05) is 61.9 Å². The average Bonchev–Trinajstić information content (AvgIpc) is 2.68. The summed E-state index contributed by atoms with van der Waals surface area (Å²) in [7, 11) is -4.05. The van der Waals surface area contributed by atoms with Crippen LogP contribution in [0.1, 0.15) is 56.6 Å². The van der Waals surface area contributed by atoms with Gasteiger partial charge < -0.3 is 5.32 Å². The molecule has 1 aromatic rings. The van der Waals surface area contributed by atoms with E-state index in [4.69, 9.17) is 0 Å². The Labute approximate surface area is 192 Å². The lowest BCUT2D eigenvalue weighted by molar-refractivity contribution is -0.180. The van der Waals surface area contributed by atoms with Crippen molar-refractivity contribution in [1.29, 1.82) is 0 Å². The van der Waals surface area contributed by atoms with Gasteiger partial charge in [-0.15, -0.1) is 5.92 Å². The third-order valence-corrected chi connectivity index (χ3v) is 5.70. The molecule has 0 aliphatic carbocycles. The summed E-state index contributed by atoms with van der Waals surface area (Å²) in [5, 5.41) is 1.85. The van der Waals surface area contributed by atoms with Gasteiger partial charge in [-0.3, -0.25) is 9.59 Å². The predicted molar refractivity (Wildman–Crippen MR) is 119 cm³/mol. The van der Waals surface area contributed by atoms with Gasteiger partial charge in [0.2, 0.25) is 15.6 Å². The molecule has 2 rings (SSSR count). The van der Waals surface area contributed by atoms with Gasteiger partial charge in [0.1, 0.15) is 5.57 Å². The van der Waals surface area contributed by atoms with Crippen molar-refractivity contribution in [2.24, 2.45) is 0 Å². The van der Waals surface area contributed by atoms with E-state index in [1.807, 2.05) is 12.2 Å². The van der Waals surface area contributed by atoms with Crippen LogP contribution in [0.2, 0.25) is 0 Å². The average molecular weight is 485 g/mol. The Bertz CT molecular complexity index is 1100. The summed E-state index contributed by atoms with van der Waals surface area (Å²) in [5.41, 5.74) is -2.79. The highest BCUT2D eigenvalue weighted by atomic mass is 32.2. The number of halogens is 3. The second-order valence-corrected chi connectivity index (χ2v) is 9.82. The van der Waals surface area contributed by atoms with Crippen molar-refractivity contribution in [2.75, 3.05) is 6.26 Å². The molecule has 0 saturated heterocycles. The molecule has 1 atom stereocenters. The highest BCUT2D eigenvalue weighted by Gasteiger charge is 2.58. The molecule has 0 bridgehead atoms. The molecule has 1 unspecified atom stereocenters. The van der Waals surface area contributed by atoms with E-state index in [1.165, 1.54) is 12.1 Å². The van der Waals surface area contributed by atoms with Crippen molar-refractivity contribution in [3.63, 3.8) is 0 Å². The summed E-state index contributed by atoms with van der Waals surface area (Å²) in [6.45, 7) is 3.78. The summed E-state index contributed by atoms with van der Waals surface area (Å²) in [6, 6.07) is 6.21. The largest absolute Gasteiger partial charge is 0.423 e. The Hall–Kier alpha value is -2.80. The van der Waals surface area contributed by atoms with E-state index in [1.54, 1.807) is 23.8 Å². The molecule has 1 heterocycles. The SMILES string of the molecule is CCCCCCC#CC1(C(F)(F)F)CC(c2ccc(C)cc2)=C(C(=O)NS(C)(=O)=O)C(=O)N1. The first kappa shape index (κ1) is 26.5. The van der Waals surface area contributed by atoms with Crippen LogP contribution in [0.3, 0.4) is 0 Å². The summed E-state index contributed by atoms with van der Waals surface area (Å²) < 4.78 is 67.4. The Morgan fingerprint density at radius 3 is 2.36 bits per heavy atom. The van der Waals surface area contributed by atoms with Crippen molar-refractivity contribution in [3.8, 4) is 11.8 Å². The van der Waals surface area contributed by atoms with E-state index < -0.39 is 45.5 Å². The molecular formula is C23H27F3N2O4S. The fraction of sp³-hybridized carbons (Fsp3) is 0.478. The molecule has 1 aliphatic rings. The van der Waals surface area contributed by atoms with Crippen LogP contribution in [0.25, 0.3) is 5.57 Å². The number of carbonyl (C=O) groups is 2. The first-order valence-electron chi connectivity index (χ1n) is 10.5. The van der Waals surface area contributed by atoms with Crippen molar-refractivity contribution in [1.82, 2.24) is 10.0 Å². The Kier molecular flexibility index (Phi) is 8.36. The first-order chi connectivity index (χ1) is 15.3. The monoisotopic (exact) mass is 484 g/mol. The number of hydrogen-bond donors (Lipinski definition) is 2. The summed E-state index contributed by atoms with van der Waals surface area (Å²) >= 11 is 0. The number of sulfonamides is 1. The van der Waals surface area contributed by atoms with E-state index in [0.717, 1.165) is 24.8 Å². The van der Waals surface area contributed by atoms with Gasteiger partial charge in [0.15, 0.2) is 0 Å². The van der Waals surface area contributed by atoms with Crippen LogP contribution in [-0.2, 0) is 19.6 Å². The smallest absolute Gasteiger partial charge is 0.328 e. The number of carbonyl (C=O) groups excluding carboxylic acids is 2. The number of amides is 2. The van der Waals surface area contributed by atoms with E-state index in [-0.39, 0.29) is 17.6 Å². The van der Waals surface area contributed by atoms with Crippen LogP contribution in [0.15, 0.2) is 29.8 Å². The van der Waals surface area contributed by atoms with Crippen LogP contribution >= 0.6 is 0 Å². The van der Waals surface area contributed by atoms with Gasteiger partial charge in [0.25, 0.3) is 11.8 Å². The zero-order valence-electron chi connectivity index (χ0n) is 18.7. The summed E-state index contributed by atoms with van der Waals surface area (Å²) in [4.78, 5) is 25.4. The Morgan fingerprint density at radius 2 is 1.82 bits per heavy atom. The van der Waals surface area contributed by atoms with Crippen LogP contribution in [0.4, 0.5) is 13.2 Å². The van der Waals surface area contributed by atoms with Gasteiger partial charge in [-0.05, 0) is 24.5 Å². The molecule has 1 aromatic carbocycles. The van der Waals surface area contributed by atoms with Gasteiger partial charge in [0, 0.05) is 12.8 Å². The molecule has 10 heteroatoms. The number of nitrogens with one attached hydrogen (secondary N) is 2. The highest BCUT2D eigenvalue weighted by Crippen LogP contribution is 2.42. The zero-order valence-corrected chi connectivity index (χ0v) is 19.5. The molecule has 0 saturated carbocycles. The molecule has 2 amide bonds. The topological polar surface area (TPSA) is 92.3 Å². The maximum absolute atomic E-state index is 14.2. The zero-order chi connectivity index (χ0) is 24.9. The third-order valence-electron chi connectivity index (χ3n) is 5.14. The van der Waals surface area contributed by atoms with Crippen molar-refractivity contribution >= 4 is 27.4 Å². The standard InChI is InChI=1S/C23H27F3N2O4S/c1-4-5-6-7-8-9-14-22(23(24,25)26)15-18(17-12-10-16(2)11-13-17)19(20(29)27-22)21(30)28-33(3,31)32/h10-13H,4-8,15H2,1-3H3,(H,27,29)(H,28,30). The van der Waals surface area contributed by atoms with Crippen molar-refractivity contribution in [3.05, 3.63) is 41.0 Å². The highest BCUT2D eigenvalue weighted by molar-refractivity contribution is 7.89. The Balaban J connectivity index is 2.58. The fourth-order valence-corrected chi connectivity index (χ4v) is 3.86. The molecule has 0 fully saturated rings. The first-order valence-corrected chi connectivity index (χ1v) is 12.4. The molecule has 180 valence electrons. The van der Waals surface area contributed by atoms with Crippen LogP contribution in [0, 0.1) is 18.8 Å². The number of aryl methyl sites for hydroxylation is 1. The minimum absolute atomic E-state index is 0.201. The maximum atomic E-state index is 14.2. The molecule has 1 aliphatic heterocycles. The van der Waals surface area contributed by atoms with Crippen molar-refractivity contribution in [2.45, 2.75) is 64.1 Å². The van der Waals surface area contributed by atoms with E-state index in [9.17, 15) is 31.2 Å². The third kappa shape index (κ3) is 6.84. The number of hydrogen-bond acceptors (Lipinski definition) is 4. The van der Waals surface area contributed by atoms with Crippen LogP contribution in [0.5, 0.6) is 0 Å². The quantitative estimate of drug-likeness (QED) is 0.351. The van der Waals surface area contributed by atoms with Gasteiger partial charge in [0.05, 0.1) is 6.26 Å². The van der Waals surface area contributed by atoms with E-state index in [0.29, 0.717) is 12.7 Å².